The monoisotopic (exact) mass is 337 g/mol. The maximum absolute atomic E-state index is 13.6. The first kappa shape index (κ1) is 16.6. The molecule has 0 amide bonds. The van der Waals surface area contributed by atoms with Crippen molar-refractivity contribution < 1.29 is 31.6 Å². The van der Waals surface area contributed by atoms with Gasteiger partial charge in [-0.05, 0) is 12.1 Å². The molecule has 0 unspecified atom stereocenters. The molecule has 0 fully saturated rings. The van der Waals surface area contributed by atoms with Crippen LogP contribution in [0.25, 0.3) is 10.9 Å². The molecule has 2 rings (SSSR count). The first-order chi connectivity index (χ1) is 10.6. The summed E-state index contributed by atoms with van der Waals surface area (Å²) in [5.74, 6) is -8.47. The van der Waals surface area contributed by atoms with Crippen molar-refractivity contribution in [3.05, 3.63) is 40.4 Å². The van der Waals surface area contributed by atoms with Crippen molar-refractivity contribution in [3.8, 4) is 0 Å². The highest BCUT2D eigenvalue weighted by Gasteiger charge is 2.62. The highest BCUT2D eigenvalue weighted by atomic mass is 19.4. The number of alkyl halides is 5. The Bertz CT molecular complexity index is 816. The number of nitrogens with one attached hydrogen (secondary N) is 1. The molecule has 1 aromatic heterocycles. The number of rotatable bonds is 3. The predicted octanol–water partition coefficient (Wildman–Crippen LogP) is 2.07. The van der Waals surface area contributed by atoms with E-state index in [1.807, 2.05) is 0 Å². The molecule has 6 nitrogen and oxygen atoms in total. The number of para-hydroxylation sites is 1. The van der Waals surface area contributed by atoms with E-state index >= 15 is 0 Å². The molecule has 0 atom stereocenters. The van der Waals surface area contributed by atoms with E-state index in [2.05, 4.69) is 9.82 Å². The molecule has 0 saturated carbocycles. The van der Waals surface area contributed by atoms with E-state index < -0.39 is 29.5 Å². The maximum atomic E-state index is 13.6. The highest BCUT2D eigenvalue weighted by Crippen LogP contribution is 2.42. The second-order valence-electron chi connectivity index (χ2n) is 4.35. The molecule has 23 heavy (non-hydrogen) atoms. The first-order valence-corrected chi connectivity index (χ1v) is 5.96. The van der Waals surface area contributed by atoms with Crippen molar-refractivity contribution in [1.29, 1.82) is 0 Å². The second-order valence-corrected chi connectivity index (χ2v) is 4.35. The van der Waals surface area contributed by atoms with Crippen LogP contribution in [0.5, 0.6) is 0 Å². The van der Waals surface area contributed by atoms with Gasteiger partial charge >= 0.3 is 18.1 Å². The summed E-state index contributed by atoms with van der Waals surface area (Å²) in [5.41, 5.74) is -0.182. The zero-order valence-corrected chi connectivity index (χ0v) is 11.3. The van der Waals surface area contributed by atoms with Crippen molar-refractivity contribution in [2.45, 2.75) is 19.0 Å². The van der Waals surface area contributed by atoms with E-state index in [1.54, 1.807) is 0 Å². The number of hydrogen-bond acceptors (Lipinski definition) is 5. The number of carbonyl (C=O) groups excluding carboxylic acids is 1. The summed E-state index contributed by atoms with van der Waals surface area (Å²) in [4.78, 5) is 30.2. The molecule has 0 bridgehead atoms. The van der Waals surface area contributed by atoms with E-state index in [9.17, 15) is 31.5 Å². The smallest absolute Gasteiger partial charge is 0.328 e. The van der Waals surface area contributed by atoms with Gasteiger partial charge in [-0.3, -0.25) is 4.79 Å². The van der Waals surface area contributed by atoms with Gasteiger partial charge in [-0.15, -0.1) is 5.59 Å². The summed E-state index contributed by atoms with van der Waals surface area (Å²) in [5, 5.41) is -0.242. The summed E-state index contributed by atoms with van der Waals surface area (Å²) in [6.07, 6.45) is -6.01. The second kappa shape index (κ2) is 5.48. The average Bonchev–Trinajstić information content (AvgIpc) is 2.44. The Morgan fingerprint density at radius 1 is 1.22 bits per heavy atom. The molecular formula is C12H8F5N3O3. The lowest BCUT2D eigenvalue weighted by atomic mass is 10.2. The van der Waals surface area contributed by atoms with Gasteiger partial charge in [0.25, 0.3) is 5.56 Å². The van der Waals surface area contributed by atoms with Crippen LogP contribution in [0.3, 0.4) is 0 Å². The highest BCUT2D eigenvalue weighted by molar-refractivity contribution is 5.77. The van der Waals surface area contributed by atoms with Crippen molar-refractivity contribution in [3.63, 3.8) is 0 Å². The van der Waals surface area contributed by atoms with Crippen LogP contribution in [0.15, 0.2) is 29.1 Å². The number of carbonyl (C=O) groups is 1. The lowest BCUT2D eigenvalue weighted by Crippen LogP contribution is -2.44. The van der Waals surface area contributed by atoms with Gasteiger partial charge in [0.05, 0.1) is 10.9 Å². The fourth-order valence-electron chi connectivity index (χ4n) is 1.66. The van der Waals surface area contributed by atoms with Crippen LogP contribution in [0.1, 0.15) is 12.7 Å². The molecule has 0 aliphatic heterocycles. The van der Waals surface area contributed by atoms with Crippen LogP contribution in [-0.4, -0.2) is 21.8 Å². The standard InChI is InChI=1S/C12H8F5N3O3/c1-6(21)23-19-20-9(22)7-4-2-3-5-8(7)18-10(20)11(13,14)12(15,16)17/h2-5,19H,1H3. The zero-order valence-electron chi connectivity index (χ0n) is 11.3. The molecule has 0 spiro atoms. The van der Waals surface area contributed by atoms with Crippen LogP contribution in [0.2, 0.25) is 0 Å². The Morgan fingerprint density at radius 2 is 1.83 bits per heavy atom. The number of hydrogen-bond donors (Lipinski definition) is 1. The number of aromatic nitrogens is 2. The fourth-order valence-corrected chi connectivity index (χ4v) is 1.66. The number of fused-ring (bicyclic) bond motifs is 1. The Hall–Kier alpha value is -2.72. The molecule has 0 aliphatic carbocycles. The summed E-state index contributed by atoms with van der Waals surface area (Å²) in [7, 11) is 0. The third kappa shape index (κ3) is 2.94. The third-order valence-corrected chi connectivity index (χ3v) is 2.69. The topological polar surface area (TPSA) is 73.2 Å². The summed E-state index contributed by atoms with van der Waals surface area (Å²) >= 11 is 0. The van der Waals surface area contributed by atoms with E-state index in [0.717, 1.165) is 13.0 Å². The van der Waals surface area contributed by atoms with Crippen LogP contribution >= 0.6 is 0 Å². The van der Waals surface area contributed by atoms with Crippen molar-refractivity contribution >= 4 is 16.9 Å². The van der Waals surface area contributed by atoms with Crippen LogP contribution in [0.4, 0.5) is 22.0 Å². The Labute approximate surface area is 124 Å². The average molecular weight is 337 g/mol. The lowest BCUT2D eigenvalue weighted by molar-refractivity contribution is -0.293. The first-order valence-electron chi connectivity index (χ1n) is 5.96. The largest absolute Gasteiger partial charge is 0.461 e. The summed E-state index contributed by atoms with van der Waals surface area (Å²) in [6, 6.07) is 4.95. The van der Waals surface area contributed by atoms with Gasteiger partial charge in [0.2, 0.25) is 5.82 Å². The Morgan fingerprint density at radius 3 is 2.39 bits per heavy atom. The third-order valence-electron chi connectivity index (χ3n) is 2.69. The molecule has 0 aliphatic rings. The van der Waals surface area contributed by atoms with Crippen LogP contribution < -0.4 is 11.1 Å². The molecule has 11 heteroatoms. The number of benzene rings is 1. The summed E-state index contributed by atoms with van der Waals surface area (Å²) < 4.78 is 64.8. The molecule has 0 radical (unpaired) electrons. The SMILES string of the molecule is CC(=O)ONn1c(C(F)(F)C(F)(F)F)nc2ccccc2c1=O. The summed E-state index contributed by atoms with van der Waals surface area (Å²) in [6.45, 7) is 0.855. The minimum atomic E-state index is -6.01. The molecular weight excluding hydrogens is 329 g/mol. The molecule has 2 aromatic rings. The molecule has 0 saturated heterocycles. The quantitative estimate of drug-likeness (QED) is 0.686. The van der Waals surface area contributed by atoms with E-state index in [1.165, 1.54) is 23.8 Å². The van der Waals surface area contributed by atoms with Crippen LogP contribution in [0, 0.1) is 0 Å². The van der Waals surface area contributed by atoms with Crippen molar-refractivity contribution in [2.75, 3.05) is 5.59 Å². The lowest BCUT2D eigenvalue weighted by Gasteiger charge is -2.22. The number of nitrogens with zero attached hydrogens (tertiary/aromatic N) is 2. The van der Waals surface area contributed by atoms with E-state index in [4.69, 9.17) is 0 Å². The number of halogens is 5. The molecule has 1 N–H and O–H groups in total. The Kier molecular flexibility index (Phi) is 3.97. The van der Waals surface area contributed by atoms with Gasteiger partial charge in [-0.25, -0.2) is 9.78 Å². The molecule has 124 valence electrons. The van der Waals surface area contributed by atoms with Crippen molar-refractivity contribution in [1.82, 2.24) is 9.66 Å². The van der Waals surface area contributed by atoms with E-state index in [-0.39, 0.29) is 15.6 Å². The van der Waals surface area contributed by atoms with Gasteiger partial charge in [0.15, 0.2) is 0 Å². The van der Waals surface area contributed by atoms with Crippen LogP contribution in [-0.2, 0) is 15.6 Å². The molecule has 1 heterocycles. The molecule has 1 aromatic carbocycles. The van der Waals surface area contributed by atoms with Gasteiger partial charge in [0.1, 0.15) is 0 Å². The van der Waals surface area contributed by atoms with Gasteiger partial charge in [-0.2, -0.15) is 26.6 Å². The van der Waals surface area contributed by atoms with Gasteiger partial charge in [-0.1, -0.05) is 12.1 Å². The van der Waals surface area contributed by atoms with Crippen molar-refractivity contribution in [2.24, 2.45) is 0 Å². The fraction of sp³-hybridized carbons (Fsp3) is 0.250. The Balaban J connectivity index is 2.77. The maximum Gasteiger partial charge on any atom is 0.461 e. The van der Waals surface area contributed by atoms with Gasteiger partial charge < -0.3 is 4.84 Å². The predicted molar refractivity (Wildman–Crippen MR) is 67.1 cm³/mol. The zero-order chi connectivity index (χ0) is 17.4. The van der Waals surface area contributed by atoms with Gasteiger partial charge in [0, 0.05) is 6.92 Å². The minimum Gasteiger partial charge on any atom is -0.328 e. The normalized spacial score (nSPS) is 12.3. The minimum absolute atomic E-state index is 0.242. The van der Waals surface area contributed by atoms with E-state index in [0.29, 0.717) is 0 Å².